The Hall–Kier alpha value is -2.86. The first-order chi connectivity index (χ1) is 12.6. The molecular formula is C20H24N2O4. The van der Waals surface area contributed by atoms with Crippen LogP contribution in [0.15, 0.2) is 54.6 Å². The molecule has 0 radical (unpaired) electrons. The average Bonchev–Trinajstić information content (AvgIpc) is 2.66. The molecule has 0 heterocycles. The van der Waals surface area contributed by atoms with E-state index >= 15 is 0 Å². The molecule has 0 unspecified atom stereocenters. The van der Waals surface area contributed by atoms with Crippen molar-refractivity contribution in [2.24, 2.45) is 0 Å². The van der Waals surface area contributed by atoms with E-state index in [1.54, 1.807) is 36.4 Å². The van der Waals surface area contributed by atoms with E-state index in [1.165, 1.54) is 12.1 Å². The number of benzene rings is 2. The third-order valence-electron chi connectivity index (χ3n) is 3.79. The summed E-state index contributed by atoms with van der Waals surface area (Å²) in [6, 6.07) is 14.4. The summed E-state index contributed by atoms with van der Waals surface area (Å²) in [7, 11) is 0. The topological polar surface area (TPSA) is 87.7 Å². The van der Waals surface area contributed by atoms with E-state index in [1.807, 2.05) is 13.0 Å². The maximum Gasteiger partial charge on any atom is 0.255 e. The lowest BCUT2D eigenvalue weighted by Crippen LogP contribution is -2.40. The maximum atomic E-state index is 12.6. The van der Waals surface area contributed by atoms with Crippen molar-refractivity contribution in [2.75, 3.05) is 19.8 Å². The lowest BCUT2D eigenvalue weighted by molar-refractivity contribution is -0.123. The largest absolute Gasteiger partial charge is 0.507 e. The Morgan fingerprint density at radius 3 is 2.46 bits per heavy atom. The highest BCUT2D eigenvalue weighted by molar-refractivity contribution is 5.99. The first-order valence-corrected chi connectivity index (χ1v) is 8.62. The first kappa shape index (κ1) is 19.5. The van der Waals surface area contributed by atoms with Crippen molar-refractivity contribution in [3.8, 4) is 5.75 Å². The molecule has 0 spiro atoms. The van der Waals surface area contributed by atoms with Crippen molar-refractivity contribution in [3.05, 3.63) is 65.7 Å². The highest BCUT2D eigenvalue weighted by atomic mass is 16.5. The predicted octanol–water partition coefficient (Wildman–Crippen LogP) is 2.41. The SMILES string of the molecule is CCOCCCNC(=O)[C@@H](NC(=O)c1ccccc1O)c1ccccc1. The van der Waals surface area contributed by atoms with Crippen LogP contribution in [0.25, 0.3) is 0 Å². The molecule has 26 heavy (non-hydrogen) atoms. The standard InChI is InChI=1S/C20H24N2O4/c1-2-26-14-8-13-21-20(25)18(15-9-4-3-5-10-15)22-19(24)16-11-6-7-12-17(16)23/h3-7,9-12,18,23H,2,8,13-14H2,1H3,(H,21,25)(H,22,24)/t18-/m0/s1. The van der Waals surface area contributed by atoms with Gasteiger partial charge in [0, 0.05) is 19.8 Å². The van der Waals surface area contributed by atoms with Gasteiger partial charge in [-0.25, -0.2) is 0 Å². The van der Waals surface area contributed by atoms with Crippen LogP contribution in [-0.2, 0) is 9.53 Å². The zero-order valence-corrected chi connectivity index (χ0v) is 14.8. The van der Waals surface area contributed by atoms with Crippen LogP contribution in [0.5, 0.6) is 5.75 Å². The predicted molar refractivity (Wildman–Crippen MR) is 98.9 cm³/mol. The average molecular weight is 356 g/mol. The van der Waals surface area contributed by atoms with Crippen LogP contribution >= 0.6 is 0 Å². The van der Waals surface area contributed by atoms with E-state index in [4.69, 9.17) is 4.74 Å². The molecule has 0 saturated carbocycles. The van der Waals surface area contributed by atoms with Gasteiger partial charge in [-0.15, -0.1) is 0 Å². The van der Waals surface area contributed by atoms with E-state index in [0.29, 0.717) is 31.7 Å². The van der Waals surface area contributed by atoms with E-state index in [0.717, 1.165) is 0 Å². The number of amides is 2. The molecule has 1 atom stereocenters. The Bertz CT molecular complexity index is 719. The van der Waals surface area contributed by atoms with Gasteiger partial charge in [-0.1, -0.05) is 42.5 Å². The van der Waals surface area contributed by atoms with Gasteiger partial charge in [-0.05, 0) is 31.0 Å². The molecular weight excluding hydrogens is 332 g/mol. The highest BCUT2D eigenvalue weighted by Gasteiger charge is 2.23. The van der Waals surface area contributed by atoms with Crippen LogP contribution in [0.4, 0.5) is 0 Å². The molecule has 6 nitrogen and oxygen atoms in total. The van der Waals surface area contributed by atoms with Crippen molar-refractivity contribution in [1.29, 1.82) is 0 Å². The normalized spacial score (nSPS) is 11.6. The van der Waals surface area contributed by atoms with Crippen LogP contribution in [-0.4, -0.2) is 36.7 Å². The number of aromatic hydroxyl groups is 1. The van der Waals surface area contributed by atoms with Gasteiger partial charge < -0.3 is 20.5 Å². The number of hydrogen-bond donors (Lipinski definition) is 3. The molecule has 0 aliphatic carbocycles. The third kappa shape index (κ3) is 5.60. The van der Waals surface area contributed by atoms with Crippen LogP contribution < -0.4 is 10.6 Å². The molecule has 0 bridgehead atoms. The number of carbonyl (C=O) groups excluding carboxylic acids is 2. The molecule has 6 heteroatoms. The van der Waals surface area contributed by atoms with Crippen molar-refractivity contribution < 1.29 is 19.4 Å². The monoisotopic (exact) mass is 356 g/mol. The van der Waals surface area contributed by atoms with Gasteiger partial charge in [-0.2, -0.15) is 0 Å². The zero-order valence-electron chi connectivity index (χ0n) is 14.8. The van der Waals surface area contributed by atoms with Crippen LogP contribution in [0, 0.1) is 0 Å². The van der Waals surface area contributed by atoms with Gasteiger partial charge in [0.25, 0.3) is 5.91 Å². The molecule has 2 amide bonds. The molecule has 2 rings (SSSR count). The van der Waals surface area contributed by atoms with Gasteiger partial charge >= 0.3 is 0 Å². The quantitative estimate of drug-likeness (QED) is 0.602. The van der Waals surface area contributed by atoms with Gasteiger partial charge in [0.15, 0.2) is 0 Å². The number of para-hydroxylation sites is 1. The summed E-state index contributed by atoms with van der Waals surface area (Å²) < 4.78 is 5.25. The van der Waals surface area contributed by atoms with Crippen molar-refractivity contribution in [3.63, 3.8) is 0 Å². The lowest BCUT2D eigenvalue weighted by Gasteiger charge is -2.19. The zero-order chi connectivity index (χ0) is 18.8. The summed E-state index contributed by atoms with van der Waals surface area (Å²) in [5.74, 6) is -0.952. The minimum Gasteiger partial charge on any atom is -0.507 e. The van der Waals surface area contributed by atoms with Gasteiger partial charge in [-0.3, -0.25) is 9.59 Å². The number of carbonyl (C=O) groups is 2. The van der Waals surface area contributed by atoms with E-state index in [-0.39, 0.29) is 17.2 Å². The smallest absolute Gasteiger partial charge is 0.255 e. The molecule has 0 aliphatic rings. The Balaban J connectivity index is 2.08. The molecule has 2 aromatic carbocycles. The number of nitrogens with one attached hydrogen (secondary N) is 2. The van der Waals surface area contributed by atoms with Crippen LogP contribution in [0.2, 0.25) is 0 Å². The summed E-state index contributed by atoms with van der Waals surface area (Å²) >= 11 is 0. The van der Waals surface area contributed by atoms with Crippen LogP contribution in [0.3, 0.4) is 0 Å². The molecule has 0 aromatic heterocycles. The summed E-state index contributed by atoms with van der Waals surface area (Å²) in [6.07, 6.45) is 0.689. The molecule has 0 fully saturated rings. The molecule has 0 aliphatic heterocycles. The summed E-state index contributed by atoms with van der Waals surface area (Å²) in [5, 5.41) is 15.4. The van der Waals surface area contributed by atoms with Gasteiger partial charge in [0.1, 0.15) is 11.8 Å². The molecule has 2 aromatic rings. The minimum absolute atomic E-state index is 0.123. The summed E-state index contributed by atoms with van der Waals surface area (Å²) in [4.78, 5) is 25.1. The fourth-order valence-corrected chi connectivity index (χ4v) is 2.45. The Kier molecular flexibility index (Phi) is 7.64. The fourth-order valence-electron chi connectivity index (χ4n) is 2.45. The number of rotatable bonds is 9. The third-order valence-corrected chi connectivity index (χ3v) is 3.79. The Morgan fingerprint density at radius 2 is 1.77 bits per heavy atom. The van der Waals surface area contributed by atoms with Crippen molar-refractivity contribution in [1.82, 2.24) is 10.6 Å². The molecule has 138 valence electrons. The van der Waals surface area contributed by atoms with Crippen molar-refractivity contribution in [2.45, 2.75) is 19.4 Å². The van der Waals surface area contributed by atoms with E-state index in [2.05, 4.69) is 10.6 Å². The number of hydrogen-bond acceptors (Lipinski definition) is 4. The second kappa shape index (κ2) is 10.2. The fraction of sp³-hybridized carbons (Fsp3) is 0.300. The first-order valence-electron chi connectivity index (χ1n) is 8.62. The van der Waals surface area contributed by atoms with Crippen molar-refractivity contribution >= 4 is 11.8 Å². The second-order valence-corrected chi connectivity index (χ2v) is 5.68. The van der Waals surface area contributed by atoms with Gasteiger partial charge in [0.2, 0.25) is 5.91 Å². The maximum absolute atomic E-state index is 12.6. The van der Waals surface area contributed by atoms with E-state index < -0.39 is 11.9 Å². The van der Waals surface area contributed by atoms with E-state index in [9.17, 15) is 14.7 Å². The Morgan fingerprint density at radius 1 is 1.08 bits per heavy atom. The highest BCUT2D eigenvalue weighted by Crippen LogP contribution is 2.18. The number of phenolic OH excluding ortho intramolecular Hbond substituents is 1. The van der Waals surface area contributed by atoms with Crippen LogP contribution in [0.1, 0.15) is 35.3 Å². The summed E-state index contributed by atoms with van der Waals surface area (Å²) in [5.41, 5.74) is 0.788. The lowest BCUT2D eigenvalue weighted by atomic mass is 10.0. The minimum atomic E-state index is -0.851. The number of ether oxygens (including phenoxy) is 1. The second-order valence-electron chi connectivity index (χ2n) is 5.68. The molecule has 3 N–H and O–H groups in total. The number of phenols is 1. The Labute approximate surface area is 153 Å². The molecule has 0 saturated heterocycles. The summed E-state index contributed by atoms with van der Waals surface area (Å²) in [6.45, 7) is 3.57. The van der Waals surface area contributed by atoms with Gasteiger partial charge in [0.05, 0.1) is 5.56 Å².